The standard InChI is InChI=1S/C16H26N2O/c1-10-7-11(2)13(4)16(12(10)3)15(17)8-14-9-18-5-6-19-14/h7,14-15,18H,5-6,8-9,17H2,1-4H3. The molecule has 0 saturated carbocycles. The van der Waals surface area contributed by atoms with Gasteiger partial charge in [0.05, 0.1) is 12.7 Å². The highest BCUT2D eigenvalue weighted by Gasteiger charge is 2.21. The summed E-state index contributed by atoms with van der Waals surface area (Å²) in [6.45, 7) is 11.3. The maximum atomic E-state index is 6.46. The van der Waals surface area contributed by atoms with Crippen LogP contribution in [-0.2, 0) is 4.74 Å². The number of hydrogen-bond donors (Lipinski definition) is 2. The summed E-state index contributed by atoms with van der Waals surface area (Å²) >= 11 is 0. The number of morpholine rings is 1. The van der Waals surface area contributed by atoms with Crippen molar-refractivity contribution in [1.29, 1.82) is 0 Å². The summed E-state index contributed by atoms with van der Waals surface area (Å²) in [7, 11) is 0. The molecule has 1 heterocycles. The van der Waals surface area contributed by atoms with Crippen LogP contribution in [0.25, 0.3) is 0 Å². The Bertz CT molecular complexity index is 424. The zero-order valence-corrected chi connectivity index (χ0v) is 12.5. The topological polar surface area (TPSA) is 47.3 Å². The number of benzene rings is 1. The average Bonchev–Trinajstić information content (AvgIpc) is 2.38. The van der Waals surface area contributed by atoms with E-state index in [0.29, 0.717) is 0 Å². The minimum atomic E-state index is 0.0588. The van der Waals surface area contributed by atoms with Crippen LogP contribution in [0.5, 0.6) is 0 Å². The highest BCUT2D eigenvalue weighted by molar-refractivity contribution is 5.45. The average molecular weight is 262 g/mol. The summed E-state index contributed by atoms with van der Waals surface area (Å²) in [5.41, 5.74) is 13.1. The fourth-order valence-corrected chi connectivity index (χ4v) is 2.98. The smallest absolute Gasteiger partial charge is 0.0718 e. The SMILES string of the molecule is Cc1cc(C)c(C)c(C(N)CC2CNCCO2)c1C. The number of nitrogens with one attached hydrogen (secondary N) is 1. The van der Waals surface area contributed by atoms with Gasteiger partial charge in [-0.05, 0) is 61.9 Å². The molecule has 1 aromatic carbocycles. The molecule has 0 radical (unpaired) electrons. The van der Waals surface area contributed by atoms with Crippen molar-refractivity contribution in [3.8, 4) is 0 Å². The molecule has 0 aromatic heterocycles. The third-order valence-electron chi connectivity index (χ3n) is 4.32. The van der Waals surface area contributed by atoms with Crippen LogP contribution in [0.3, 0.4) is 0 Å². The van der Waals surface area contributed by atoms with Crippen molar-refractivity contribution < 1.29 is 4.74 Å². The van der Waals surface area contributed by atoms with Gasteiger partial charge in [0.1, 0.15) is 0 Å². The van der Waals surface area contributed by atoms with E-state index in [-0.39, 0.29) is 12.1 Å². The first kappa shape index (κ1) is 14.5. The quantitative estimate of drug-likeness (QED) is 0.878. The van der Waals surface area contributed by atoms with Gasteiger partial charge in [-0.25, -0.2) is 0 Å². The van der Waals surface area contributed by atoms with Crippen LogP contribution in [0.1, 0.15) is 40.3 Å². The van der Waals surface area contributed by atoms with E-state index in [9.17, 15) is 0 Å². The van der Waals surface area contributed by atoms with Crippen LogP contribution in [0.2, 0.25) is 0 Å². The minimum absolute atomic E-state index is 0.0588. The molecule has 0 amide bonds. The summed E-state index contributed by atoms with van der Waals surface area (Å²) in [6, 6.07) is 2.31. The lowest BCUT2D eigenvalue weighted by molar-refractivity contribution is 0.0194. The highest BCUT2D eigenvalue weighted by atomic mass is 16.5. The van der Waals surface area contributed by atoms with E-state index in [2.05, 4.69) is 39.1 Å². The molecule has 3 nitrogen and oxygen atoms in total. The molecule has 1 saturated heterocycles. The molecule has 1 fully saturated rings. The summed E-state index contributed by atoms with van der Waals surface area (Å²) < 4.78 is 5.77. The van der Waals surface area contributed by atoms with Gasteiger partial charge in [0, 0.05) is 19.1 Å². The molecule has 3 heteroatoms. The minimum Gasteiger partial charge on any atom is -0.376 e. The second-order valence-electron chi connectivity index (χ2n) is 5.71. The van der Waals surface area contributed by atoms with Crippen molar-refractivity contribution in [2.45, 2.75) is 46.3 Å². The largest absolute Gasteiger partial charge is 0.376 e. The van der Waals surface area contributed by atoms with Crippen LogP contribution in [0.15, 0.2) is 6.07 Å². The van der Waals surface area contributed by atoms with E-state index < -0.39 is 0 Å². The van der Waals surface area contributed by atoms with Crippen molar-refractivity contribution in [2.24, 2.45) is 5.73 Å². The number of hydrogen-bond acceptors (Lipinski definition) is 3. The number of aryl methyl sites for hydroxylation is 2. The molecule has 1 aliphatic rings. The molecule has 2 rings (SSSR count). The lowest BCUT2D eigenvalue weighted by Crippen LogP contribution is -2.40. The predicted molar refractivity (Wildman–Crippen MR) is 79.5 cm³/mol. The first-order chi connectivity index (χ1) is 9.00. The molecule has 19 heavy (non-hydrogen) atoms. The Morgan fingerprint density at radius 2 is 1.89 bits per heavy atom. The van der Waals surface area contributed by atoms with Gasteiger partial charge < -0.3 is 15.8 Å². The maximum absolute atomic E-state index is 6.46. The molecule has 0 bridgehead atoms. The molecule has 0 aliphatic carbocycles. The fraction of sp³-hybridized carbons (Fsp3) is 0.625. The summed E-state index contributed by atoms with van der Waals surface area (Å²) in [5.74, 6) is 0. The van der Waals surface area contributed by atoms with Crippen LogP contribution in [0, 0.1) is 27.7 Å². The Hall–Kier alpha value is -0.900. The zero-order valence-electron chi connectivity index (χ0n) is 12.5. The molecule has 106 valence electrons. The monoisotopic (exact) mass is 262 g/mol. The van der Waals surface area contributed by atoms with E-state index in [0.717, 1.165) is 26.1 Å². The van der Waals surface area contributed by atoms with Gasteiger partial charge in [-0.1, -0.05) is 6.07 Å². The van der Waals surface area contributed by atoms with Crippen molar-refractivity contribution in [3.05, 3.63) is 33.9 Å². The fourth-order valence-electron chi connectivity index (χ4n) is 2.98. The number of ether oxygens (including phenoxy) is 1. The third kappa shape index (κ3) is 3.16. The van der Waals surface area contributed by atoms with Crippen molar-refractivity contribution in [3.63, 3.8) is 0 Å². The molecule has 1 aromatic rings. The summed E-state index contributed by atoms with van der Waals surface area (Å²) in [5, 5.41) is 3.36. The lowest BCUT2D eigenvalue weighted by atomic mass is 9.88. The first-order valence-electron chi connectivity index (χ1n) is 7.16. The number of nitrogens with two attached hydrogens (primary N) is 1. The highest BCUT2D eigenvalue weighted by Crippen LogP contribution is 2.29. The van der Waals surface area contributed by atoms with Crippen molar-refractivity contribution >= 4 is 0 Å². The molecule has 0 spiro atoms. The Balaban J connectivity index is 2.20. The molecule has 2 unspecified atom stereocenters. The van der Waals surface area contributed by atoms with Gasteiger partial charge in [0.25, 0.3) is 0 Å². The zero-order chi connectivity index (χ0) is 14.0. The van der Waals surface area contributed by atoms with E-state index in [1.807, 2.05) is 0 Å². The maximum Gasteiger partial charge on any atom is 0.0718 e. The van der Waals surface area contributed by atoms with Gasteiger partial charge in [0.2, 0.25) is 0 Å². The second kappa shape index (κ2) is 6.04. The van der Waals surface area contributed by atoms with E-state index >= 15 is 0 Å². The summed E-state index contributed by atoms with van der Waals surface area (Å²) in [6.07, 6.45) is 1.13. The third-order valence-corrected chi connectivity index (χ3v) is 4.32. The van der Waals surface area contributed by atoms with Crippen LogP contribution < -0.4 is 11.1 Å². The van der Waals surface area contributed by atoms with Gasteiger partial charge in [-0.2, -0.15) is 0 Å². The van der Waals surface area contributed by atoms with Crippen LogP contribution in [0.4, 0.5) is 0 Å². The summed E-state index contributed by atoms with van der Waals surface area (Å²) in [4.78, 5) is 0. The van der Waals surface area contributed by atoms with E-state index in [4.69, 9.17) is 10.5 Å². The van der Waals surface area contributed by atoms with Gasteiger partial charge in [-0.15, -0.1) is 0 Å². The van der Waals surface area contributed by atoms with E-state index in [1.54, 1.807) is 0 Å². The first-order valence-corrected chi connectivity index (χ1v) is 7.16. The van der Waals surface area contributed by atoms with Crippen molar-refractivity contribution in [2.75, 3.05) is 19.7 Å². The van der Waals surface area contributed by atoms with E-state index in [1.165, 1.54) is 27.8 Å². The van der Waals surface area contributed by atoms with Crippen LogP contribution in [-0.4, -0.2) is 25.8 Å². The van der Waals surface area contributed by atoms with Gasteiger partial charge >= 0.3 is 0 Å². The molecule has 1 aliphatic heterocycles. The van der Waals surface area contributed by atoms with Crippen LogP contribution >= 0.6 is 0 Å². The molecular formula is C16H26N2O. The lowest BCUT2D eigenvalue weighted by Gasteiger charge is -2.28. The Labute approximate surface area is 116 Å². The molecule has 3 N–H and O–H groups in total. The van der Waals surface area contributed by atoms with Gasteiger partial charge in [-0.3, -0.25) is 0 Å². The second-order valence-corrected chi connectivity index (χ2v) is 5.71. The Kier molecular flexibility index (Phi) is 4.61. The Morgan fingerprint density at radius 3 is 2.42 bits per heavy atom. The van der Waals surface area contributed by atoms with Crippen molar-refractivity contribution in [1.82, 2.24) is 5.32 Å². The normalized spacial score (nSPS) is 21.4. The predicted octanol–water partition coefficient (Wildman–Crippen LogP) is 2.30. The Morgan fingerprint density at radius 1 is 1.26 bits per heavy atom. The van der Waals surface area contributed by atoms with Gasteiger partial charge in [0.15, 0.2) is 0 Å². The molecular weight excluding hydrogens is 236 g/mol. The molecule has 2 atom stereocenters. The number of rotatable bonds is 3.